The summed E-state index contributed by atoms with van der Waals surface area (Å²) in [6, 6.07) is 26.9. The molecule has 2 amide bonds. The molecular formula is C36H39Cl2N3O4S. The number of benzene rings is 4. The van der Waals surface area contributed by atoms with Crippen LogP contribution in [0.1, 0.15) is 42.0 Å². The lowest BCUT2D eigenvalue weighted by Gasteiger charge is -2.34. The van der Waals surface area contributed by atoms with Gasteiger partial charge in [0.15, 0.2) is 0 Å². The predicted octanol–water partition coefficient (Wildman–Crippen LogP) is 7.36. The van der Waals surface area contributed by atoms with Crippen molar-refractivity contribution in [1.29, 1.82) is 0 Å². The first-order chi connectivity index (χ1) is 22.0. The Kier molecular flexibility index (Phi) is 12.3. The van der Waals surface area contributed by atoms with Crippen LogP contribution in [0.2, 0.25) is 10.0 Å². The zero-order valence-electron chi connectivity index (χ0n) is 26.2. The van der Waals surface area contributed by atoms with E-state index in [2.05, 4.69) is 5.32 Å². The van der Waals surface area contributed by atoms with Gasteiger partial charge in [0.05, 0.1) is 20.6 Å². The number of hydrogen-bond donors (Lipinski definition) is 1. The van der Waals surface area contributed by atoms with Gasteiger partial charge in [0.1, 0.15) is 12.6 Å². The Morgan fingerprint density at radius 3 is 2.13 bits per heavy atom. The highest BCUT2D eigenvalue weighted by molar-refractivity contribution is 7.92. The number of sulfonamides is 1. The molecule has 0 aromatic heterocycles. The molecule has 0 unspecified atom stereocenters. The fourth-order valence-corrected chi connectivity index (χ4v) is 7.03. The summed E-state index contributed by atoms with van der Waals surface area (Å²) < 4.78 is 29.5. The first kappa shape index (κ1) is 35.0. The van der Waals surface area contributed by atoms with Crippen LogP contribution < -0.4 is 9.62 Å². The van der Waals surface area contributed by atoms with Gasteiger partial charge in [-0.3, -0.25) is 13.9 Å². The van der Waals surface area contributed by atoms with Crippen molar-refractivity contribution in [3.8, 4) is 0 Å². The van der Waals surface area contributed by atoms with Gasteiger partial charge in [0.2, 0.25) is 11.8 Å². The van der Waals surface area contributed by atoms with Crippen LogP contribution in [0.15, 0.2) is 102 Å². The number of aryl methyl sites for hydroxylation is 2. The van der Waals surface area contributed by atoms with Crippen LogP contribution >= 0.6 is 23.2 Å². The molecule has 0 aliphatic carbocycles. The number of carbonyl (C=O) groups excluding carboxylic acids is 2. The third-order valence-corrected chi connectivity index (χ3v) is 10.2. The van der Waals surface area contributed by atoms with Crippen molar-refractivity contribution in [2.24, 2.45) is 0 Å². The maximum atomic E-state index is 14.6. The molecule has 0 saturated heterocycles. The van der Waals surface area contributed by atoms with E-state index in [-0.39, 0.29) is 23.8 Å². The maximum Gasteiger partial charge on any atom is 0.264 e. The van der Waals surface area contributed by atoms with Gasteiger partial charge in [0.25, 0.3) is 10.0 Å². The molecule has 0 saturated carbocycles. The number of nitrogens with one attached hydrogen (secondary N) is 1. The SMILES string of the molecule is CCCCNC(=O)[C@H](Cc1ccccc1)N(Cc1ccc(Cl)c(Cl)c1)C(=O)CN(c1ccc(C)cc1C)S(=O)(=O)c1ccccc1. The summed E-state index contributed by atoms with van der Waals surface area (Å²) in [6.07, 6.45) is 1.89. The van der Waals surface area contributed by atoms with E-state index in [1.54, 1.807) is 42.5 Å². The van der Waals surface area contributed by atoms with E-state index >= 15 is 0 Å². The van der Waals surface area contributed by atoms with Crippen molar-refractivity contribution >= 4 is 50.7 Å². The fourth-order valence-electron chi connectivity index (χ4n) is 5.21. The lowest BCUT2D eigenvalue weighted by Crippen LogP contribution is -2.53. The van der Waals surface area contributed by atoms with Gasteiger partial charge in [-0.1, -0.05) is 109 Å². The summed E-state index contributed by atoms with van der Waals surface area (Å²) in [4.78, 5) is 29.9. The van der Waals surface area contributed by atoms with E-state index in [0.29, 0.717) is 33.4 Å². The molecule has 0 aliphatic heterocycles. The Hall–Kier alpha value is -3.85. The normalized spacial score (nSPS) is 11.9. The van der Waals surface area contributed by atoms with Gasteiger partial charge < -0.3 is 10.2 Å². The molecule has 46 heavy (non-hydrogen) atoms. The summed E-state index contributed by atoms with van der Waals surface area (Å²) in [5, 5.41) is 3.66. The second-order valence-electron chi connectivity index (χ2n) is 11.2. The molecule has 4 rings (SSSR count). The monoisotopic (exact) mass is 679 g/mol. The number of carbonyl (C=O) groups is 2. The minimum Gasteiger partial charge on any atom is -0.354 e. The molecule has 242 valence electrons. The minimum atomic E-state index is -4.18. The Bertz CT molecular complexity index is 1750. The summed E-state index contributed by atoms with van der Waals surface area (Å²) in [6.45, 7) is 5.68. The first-order valence-electron chi connectivity index (χ1n) is 15.2. The van der Waals surface area contributed by atoms with Crippen LogP contribution in [0.4, 0.5) is 5.69 Å². The van der Waals surface area contributed by atoms with E-state index in [1.165, 1.54) is 17.0 Å². The minimum absolute atomic E-state index is 0.000521. The smallest absolute Gasteiger partial charge is 0.264 e. The summed E-state index contributed by atoms with van der Waals surface area (Å²) in [5.41, 5.74) is 3.53. The van der Waals surface area contributed by atoms with Crippen LogP contribution in [0.5, 0.6) is 0 Å². The molecule has 0 heterocycles. The lowest BCUT2D eigenvalue weighted by molar-refractivity contribution is -0.140. The summed E-state index contributed by atoms with van der Waals surface area (Å²) in [7, 11) is -4.18. The standard InChI is InChI=1S/C36H39Cl2N3O4S/c1-4-5-20-39-36(43)34(23-28-12-8-6-9-13-28)40(24-29-17-18-31(37)32(38)22-29)35(42)25-41(33-19-16-26(2)21-27(33)3)46(44,45)30-14-10-7-11-15-30/h6-19,21-22,34H,4-5,20,23-25H2,1-3H3,(H,39,43)/t34-/m0/s1. The fraction of sp³-hybridized carbons (Fsp3) is 0.278. The van der Waals surface area contributed by atoms with Gasteiger partial charge in [-0.05, 0) is 67.3 Å². The molecule has 1 N–H and O–H groups in total. The summed E-state index contributed by atoms with van der Waals surface area (Å²) in [5.74, 6) is -0.869. The number of amides is 2. The van der Waals surface area contributed by atoms with E-state index in [0.717, 1.165) is 28.3 Å². The highest BCUT2D eigenvalue weighted by Crippen LogP contribution is 2.29. The van der Waals surface area contributed by atoms with Crippen LogP contribution in [0.3, 0.4) is 0 Å². The molecular weight excluding hydrogens is 641 g/mol. The van der Waals surface area contributed by atoms with Gasteiger partial charge in [-0.2, -0.15) is 0 Å². The van der Waals surface area contributed by atoms with Crippen molar-refractivity contribution in [2.45, 2.75) is 57.5 Å². The molecule has 1 atom stereocenters. The molecule has 7 nitrogen and oxygen atoms in total. The molecule has 4 aromatic rings. The molecule has 4 aromatic carbocycles. The van der Waals surface area contributed by atoms with Crippen LogP contribution in [0.25, 0.3) is 0 Å². The molecule has 0 aliphatic rings. The van der Waals surface area contributed by atoms with Crippen molar-refractivity contribution in [3.05, 3.63) is 129 Å². The van der Waals surface area contributed by atoms with Crippen molar-refractivity contribution in [2.75, 3.05) is 17.4 Å². The number of unbranched alkanes of at least 4 members (excludes halogenated alkanes) is 1. The van der Waals surface area contributed by atoms with Crippen LogP contribution in [0, 0.1) is 13.8 Å². The quantitative estimate of drug-likeness (QED) is 0.141. The predicted molar refractivity (Wildman–Crippen MR) is 186 cm³/mol. The topological polar surface area (TPSA) is 86.8 Å². The third kappa shape index (κ3) is 8.90. The molecule has 0 bridgehead atoms. The van der Waals surface area contributed by atoms with Crippen LogP contribution in [-0.4, -0.2) is 44.3 Å². The second-order valence-corrected chi connectivity index (χ2v) is 13.9. The third-order valence-electron chi connectivity index (χ3n) is 7.67. The van der Waals surface area contributed by atoms with E-state index in [9.17, 15) is 18.0 Å². The largest absolute Gasteiger partial charge is 0.354 e. The zero-order valence-corrected chi connectivity index (χ0v) is 28.6. The number of anilines is 1. The molecule has 0 fully saturated rings. The average Bonchev–Trinajstić information content (AvgIpc) is 3.04. The Morgan fingerprint density at radius 2 is 1.50 bits per heavy atom. The first-order valence-corrected chi connectivity index (χ1v) is 17.4. The molecule has 0 radical (unpaired) electrons. The number of halogens is 2. The highest BCUT2D eigenvalue weighted by atomic mass is 35.5. The van der Waals surface area contributed by atoms with Crippen molar-refractivity contribution < 1.29 is 18.0 Å². The van der Waals surface area contributed by atoms with Gasteiger partial charge in [-0.25, -0.2) is 8.42 Å². The maximum absolute atomic E-state index is 14.6. The van der Waals surface area contributed by atoms with E-state index in [4.69, 9.17) is 23.2 Å². The average molecular weight is 681 g/mol. The second kappa shape index (κ2) is 16.1. The Labute approximate surface area is 282 Å². The summed E-state index contributed by atoms with van der Waals surface area (Å²) >= 11 is 12.5. The lowest BCUT2D eigenvalue weighted by atomic mass is 10.0. The van der Waals surface area contributed by atoms with Crippen LogP contribution in [-0.2, 0) is 32.6 Å². The number of nitrogens with zero attached hydrogens (tertiary/aromatic N) is 2. The molecule has 0 spiro atoms. The number of hydrogen-bond acceptors (Lipinski definition) is 4. The zero-order chi connectivity index (χ0) is 33.3. The Morgan fingerprint density at radius 1 is 0.826 bits per heavy atom. The highest BCUT2D eigenvalue weighted by Gasteiger charge is 2.35. The number of rotatable bonds is 14. The molecule has 10 heteroatoms. The van der Waals surface area contributed by atoms with E-state index in [1.807, 2.05) is 63.2 Å². The van der Waals surface area contributed by atoms with Crippen molar-refractivity contribution in [3.63, 3.8) is 0 Å². The van der Waals surface area contributed by atoms with Crippen molar-refractivity contribution in [1.82, 2.24) is 10.2 Å². The van der Waals surface area contributed by atoms with Gasteiger partial charge in [0, 0.05) is 19.5 Å². The van der Waals surface area contributed by atoms with E-state index < -0.39 is 28.5 Å². The van der Waals surface area contributed by atoms with Gasteiger partial charge >= 0.3 is 0 Å². The van der Waals surface area contributed by atoms with Gasteiger partial charge in [-0.15, -0.1) is 0 Å². The Balaban J connectivity index is 1.82.